The quantitative estimate of drug-likeness (QED) is 0.879. The van der Waals surface area contributed by atoms with Gasteiger partial charge in [-0.1, -0.05) is 15.9 Å². The van der Waals surface area contributed by atoms with E-state index in [0.717, 1.165) is 15.7 Å². The predicted molar refractivity (Wildman–Crippen MR) is 69.0 cm³/mol. The largest absolute Gasteiger partial charge is 0.383 e. The van der Waals surface area contributed by atoms with Gasteiger partial charge in [0.2, 0.25) is 0 Å². The molecule has 1 heterocycles. The summed E-state index contributed by atoms with van der Waals surface area (Å²) in [7, 11) is 0. The molecule has 5 heteroatoms. The van der Waals surface area contributed by atoms with E-state index in [1.807, 2.05) is 13.8 Å². The molecular formula is C12H11BrFN3. The first-order valence-electron chi connectivity index (χ1n) is 5.05. The number of aryl methyl sites for hydroxylation is 1. The van der Waals surface area contributed by atoms with Crippen molar-refractivity contribution in [1.29, 1.82) is 0 Å². The molecule has 2 rings (SSSR count). The summed E-state index contributed by atoms with van der Waals surface area (Å²) in [6.45, 7) is 3.71. The first kappa shape index (κ1) is 12.0. The summed E-state index contributed by atoms with van der Waals surface area (Å²) in [5, 5.41) is 0. The highest BCUT2D eigenvalue weighted by Gasteiger charge is 2.11. The molecule has 2 aromatic rings. The number of halogens is 2. The number of benzene rings is 1. The van der Waals surface area contributed by atoms with E-state index in [-0.39, 0.29) is 5.82 Å². The number of hydrogen-bond acceptors (Lipinski definition) is 3. The molecule has 0 radical (unpaired) electrons. The molecule has 0 spiro atoms. The molecule has 1 aromatic heterocycles. The van der Waals surface area contributed by atoms with Crippen molar-refractivity contribution in [3.8, 4) is 11.4 Å². The van der Waals surface area contributed by atoms with Crippen molar-refractivity contribution in [3.63, 3.8) is 0 Å². The van der Waals surface area contributed by atoms with Crippen molar-refractivity contribution in [2.75, 3.05) is 5.73 Å². The minimum absolute atomic E-state index is 0.330. The number of nitrogens with two attached hydrogens (primary N) is 1. The van der Waals surface area contributed by atoms with Crippen LogP contribution in [-0.4, -0.2) is 9.97 Å². The van der Waals surface area contributed by atoms with Crippen LogP contribution in [0, 0.1) is 19.7 Å². The van der Waals surface area contributed by atoms with Crippen molar-refractivity contribution in [2.24, 2.45) is 0 Å². The molecule has 0 saturated heterocycles. The van der Waals surface area contributed by atoms with Crippen molar-refractivity contribution < 1.29 is 4.39 Å². The normalized spacial score (nSPS) is 10.6. The molecule has 0 fully saturated rings. The van der Waals surface area contributed by atoms with Gasteiger partial charge in [0, 0.05) is 21.3 Å². The van der Waals surface area contributed by atoms with Crippen molar-refractivity contribution in [2.45, 2.75) is 13.8 Å². The fraction of sp³-hybridized carbons (Fsp3) is 0.167. The summed E-state index contributed by atoms with van der Waals surface area (Å²) in [6.07, 6.45) is 0. The predicted octanol–water partition coefficient (Wildman–Crippen LogP) is 3.24. The van der Waals surface area contributed by atoms with Gasteiger partial charge in [-0.05, 0) is 32.0 Å². The highest BCUT2D eigenvalue weighted by molar-refractivity contribution is 9.10. The second kappa shape index (κ2) is 4.41. The third-order valence-corrected chi connectivity index (χ3v) is 3.29. The molecule has 0 aliphatic carbocycles. The zero-order chi connectivity index (χ0) is 12.6. The third-order valence-electron chi connectivity index (χ3n) is 2.60. The standard InChI is InChI=1S/C12H11BrFN3/c1-6-7(2)16-12(17-11(6)15)9-5-8(14)3-4-10(9)13/h3-5H,1-2H3,(H2,15,16,17). The Morgan fingerprint density at radius 1 is 1.24 bits per heavy atom. The van der Waals surface area contributed by atoms with E-state index >= 15 is 0 Å². The first-order valence-corrected chi connectivity index (χ1v) is 5.84. The lowest BCUT2D eigenvalue weighted by Crippen LogP contribution is -2.02. The van der Waals surface area contributed by atoms with Gasteiger partial charge in [-0.2, -0.15) is 0 Å². The number of anilines is 1. The number of nitrogens with zero attached hydrogens (tertiary/aromatic N) is 2. The van der Waals surface area contributed by atoms with Gasteiger partial charge >= 0.3 is 0 Å². The van der Waals surface area contributed by atoms with Crippen molar-refractivity contribution >= 4 is 21.7 Å². The average Bonchev–Trinajstić information content (AvgIpc) is 2.28. The zero-order valence-corrected chi connectivity index (χ0v) is 11.0. The molecule has 0 atom stereocenters. The highest BCUT2D eigenvalue weighted by Crippen LogP contribution is 2.27. The highest BCUT2D eigenvalue weighted by atomic mass is 79.9. The number of hydrogen-bond donors (Lipinski definition) is 1. The van der Waals surface area contributed by atoms with E-state index in [1.54, 1.807) is 6.07 Å². The van der Waals surface area contributed by atoms with Gasteiger partial charge in [-0.15, -0.1) is 0 Å². The maximum absolute atomic E-state index is 13.2. The smallest absolute Gasteiger partial charge is 0.163 e. The SMILES string of the molecule is Cc1nc(-c2cc(F)ccc2Br)nc(N)c1C. The molecule has 0 amide bonds. The Bertz CT molecular complexity index is 561. The van der Waals surface area contributed by atoms with Gasteiger partial charge in [-0.25, -0.2) is 14.4 Å². The number of aromatic nitrogens is 2. The maximum atomic E-state index is 13.2. The number of nitrogen functional groups attached to an aromatic ring is 1. The molecule has 88 valence electrons. The van der Waals surface area contributed by atoms with Crippen LogP contribution in [0.25, 0.3) is 11.4 Å². The molecule has 3 nitrogen and oxygen atoms in total. The molecule has 2 N–H and O–H groups in total. The van der Waals surface area contributed by atoms with Crippen LogP contribution in [0.3, 0.4) is 0 Å². The molecule has 0 aliphatic rings. The molecule has 0 bridgehead atoms. The van der Waals surface area contributed by atoms with Crippen LogP contribution in [0.1, 0.15) is 11.3 Å². The molecule has 0 saturated carbocycles. The van der Waals surface area contributed by atoms with Crippen LogP contribution in [-0.2, 0) is 0 Å². The molecule has 17 heavy (non-hydrogen) atoms. The second-order valence-electron chi connectivity index (χ2n) is 3.77. The van der Waals surface area contributed by atoms with E-state index in [2.05, 4.69) is 25.9 Å². The van der Waals surface area contributed by atoms with E-state index in [9.17, 15) is 4.39 Å². The van der Waals surface area contributed by atoms with Gasteiger partial charge in [0.1, 0.15) is 11.6 Å². The summed E-state index contributed by atoms with van der Waals surface area (Å²) >= 11 is 3.35. The summed E-state index contributed by atoms with van der Waals surface area (Å²) in [5.41, 5.74) is 8.03. The molecule has 0 unspecified atom stereocenters. The zero-order valence-electron chi connectivity index (χ0n) is 9.46. The van der Waals surface area contributed by atoms with Gasteiger partial charge < -0.3 is 5.73 Å². The Balaban J connectivity index is 2.64. The Kier molecular flexibility index (Phi) is 3.11. The van der Waals surface area contributed by atoms with Gasteiger partial charge in [0.25, 0.3) is 0 Å². The molecule has 1 aromatic carbocycles. The van der Waals surface area contributed by atoms with Crippen LogP contribution >= 0.6 is 15.9 Å². The van der Waals surface area contributed by atoms with Crippen molar-refractivity contribution in [1.82, 2.24) is 9.97 Å². The Morgan fingerprint density at radius 2 is 1.94 bits per heavy atom. The second-order valence-corrected chi connectivity index (χ2v) is 4.62. The average molecular weight is 296 g/mol. The summed E-state index contributed by atoms with van der Waals surface area (Å²) < 4.78 is 13.9. The molecule has 0 aliphatic heterocycles. The fourth-order valence-corrected chi connectivity index (χ4v) is 1.86. The van der Waals surface area contributed by atoms with Gasteiger partial charge in [0.05, 0.1) is 0 Å². The minimum Gasteiger partial charge on any atom is -0.383 e. The van der Waals surface area contributed by atoms with E-state index < -0.39 is 0 Å². The van der Waals surface area contributed by atoms with Crippen LogP contribution < -0.4 is 5.73 Å². The van der Waals surface area contributed by atoms with Crippen LogP contribution in [0.2, 0.25) is 0 Å². The minimum atomic E-state index is -0.330. The topological polar surface area (TPSA) is 51.8 Å². The summed E-state index contributed by atoms with van der Waals surface area (Å²) in [5.74, 6) is 0.518. The Morgan fingerprint density at radius 3 is 2.59 bits per heavy atom. The fourth-order valence-electron chi connectivity index (χ4n) is 1.44. The Labute approximate surface area is 107 Å². The van der Waals surface area contributed by atoms with E-state index in [0.29, 0.717) is 17.2 Å². The monoisotopic (exact) mass is 295 g/mol. The lowest BCUT2D eigenvalue weighted by molar-refractivity contribution is 0.628. The van der Waals surface area contributed by atoms with Gasteiger partial charge in [0.15, 0.2) is 5.82 Å². The van der Waals surface area contributed by atoms with Crippen molar-refractivity contribution in [3.05, 3.63) is 39.7 Å². The number of rotatable bonds is 1. The summed E-state index contributed by atoms with van der Waals surface area (Å²) in [4.78, 5) is 8.49. The molecular weight excluding hydrogens is 285 g/mol. The van der Waals surface area contributed by atoms with Crippen LogP contribution in [0.4, 0.5) is 10.2 Å². The first-order chi connectivity index (χ1) is 7.99. The summed E-state index contributed by atoms with van der Waals surface area (Å²) in [6, 6.07) is 4.38. The van der Waals surface area contributed by atoms with Gasteiger partial charge in [-0.3, -0.25) is 0 Å². The van der Waals surface area contributed by atoms with Crippen LogP contribution in [0.5, 0.6) is 0 Å². The third kappa shape index (κ3) is 2.29. The van der Waals surface area contributed by atoms with E-state index in [1.165, 1.54) is 12.1 Å². The van der Waals surface area contributed by atoms with Crippen LogP contribution in [0.15, 0.2) is 22.7 Å². The Hall–Kier alpha value is -1.49. The lowest BCUT2D eigenvalue weighted by atomic mass is 10.2. The maximum Gasteiger partial charge on any atom is 0.163 e. The lowest BCUT2D eigenvalue weighted by Gasteiger charge is -2.08. The van der Waals surface area contributed by atoms with E-state index in [4.69, 9.17) is 5.73 Å².